The molecule has 0 saturated carbocycles. The summed E-state index contributed by atoms with van der Waals surface area (Å²) in [6, 6.07) is 3.59. The van der Waals surface area contributed by atoms with Crippen LogP contribution in [0, 0.1) is 23.0 Å². The predicted octanol–water partition coefficient (Wildman–Crippen LogP) is 3.50. The van der Waals surface area contributed by atoms with Crippen molar-refractivity contribution in [3.8, 4) is 0 Å². The van der Waals surface area contributed by atoms with Gasteiger partial charge in [-0.2, -0.15) is 0 Å². The predicted molar refractivity (Wildman–Crippen MR) is 77.5 cm³/mol. The molecule has 2 atom stereocenters. The minimum Gasteiger partial charge on any atom is -0.381 e. The summed E-state index contributed by atoms with van der Waals surface area (Å²) < 4.78 is 6.22. The van der Waals surface area contributed by atoms with Gasteiger partial charge in [-0.05, 0) is 42.3 Å². The molecule has 1 saturated heterocycles. The molecule has 1 N–H and O–H groups in total. The lowest BCUT2D eigenvalue weighted by Gasteiger charge is -2.21. The van der Waals surface area contributed by atoms with Crippen LogP contribution in [0.25, 0.3) is 0 Å². The summed E-state index contributed by atoms with van der Waals surface area (Å²) in [5, 5.41) is 14.3. The number of nitrogens with one attached hydrogen (secondary N) is 1. The molecular formula is C13H17BrN2O3. The minimum atomic E-state index is -0.351. The van der Waals surface area contributed by atoms with E-state index < -0.39 is 0 Å². The summed E-state index contributed by atoms with van der Waals surface area (Å²) in [5.41, 5.74) is 1.55. The zero-order chi connectivity index (χ0) is 14.0. The second-order valence-corrected chi connectivity index (χ2v) is 5.79. The molecule has 19 heavy (non-hydrogen) atoms. The highest BCUT2D eigenvalue weighted by molar-refractivity contribution is 9.10. The second kappa shape index (κ2) is 5.88. The molecule has 6 heteroatoms. The van der Waals surface area contributed by atoms with Crippen molar-refractivity contribution in [3.05, 3.63) is 32.3 Å². The van der Waals surface area contributed by atoms with Crippen molar-refractivity contribution in [1.82, 2.24) is 0 Å². The van der Waals surface area contributed by atoms with Crippen LogP contribution in [0.4, 0.5) is 11.4 Å². The molecule has 0 radical (unpaired) electrons. The van der Waals surface area contributed by atoms with E-state index in [0.717, 1.165) is 29.8 Å². The maximum atomic E-state index is 11.0. The number of nitro benzene ring substituents is 1. The van der Waals surface area contributed by atoms with Gasteiger partial charge in [-0.15, -0.1) is 0 Å². The fourth-order valence-corrected chi connectivity index (χ4v) is 2.85. The third-order valence-electron chi connectivity index (χ3n) is 3.54. The number of ether oxygens (including phenoxy) is 1. The van der Waals surface area contributed by atoms with Gasteiger partial charge in [-0.25, -0.2) is 0 Å². The van der Waals surface area contributed by atoms with Crippen molar-refractivity contribution in [1.29, 1.82) is 0 Å². The first-order valence-electron chi connectivity index (χ1n) is 6.28. The van der Waals surface area contributed by atoms with Gasteiger partial charge >= 0.3 is 0 Å². The van der Waals surface area contributed by atoms with Crippen molar-refractivity contribution < 1.29 is 9.66 Å². The lowest BCUT2D eigenvalue weighted by molar-refractivity contribution is -0.385. The highest BCUT2D eigenvalue weighted by Crippen LogP contribution is 2.32. The Hall–Kier alpha value is -1.14. The molecule has 0 spiro atoms. The van der Waals surface area contributed by atoms with E-state index in [0.29, 0.717) is 11.5 Å². The molecule has 1 aromatic rings. The van der Waals surface area contributed by atoms with E-state index in [1.807, 2.05) is 0 Å². The summed E-state index contributed by atoms with van der Waals surface area (Å²) in [6.45, 7) is 5.37. The number of hydrogen-bond acceptors (Lipinski definition) is 4. The van der Waals surface area contributed by atoms with Gasteiger partial charge in [0, 0.05) is 34.7 Å². The Bertz CT molecular complexity index is 487. The summed E-state index contributed by atoms with van der Waals surface area (Å²) in [7, 11) is 0. The normalized spacial score (nSPS) is 20.3. The first-order valence-corrected chi connectivity index (χ1v) is 7.07. The fourth-order valence-electron chi connectivity index (χ4n) is 2.28. The van der Waals surface area contributed by atoms with Gasteiger partial charge in [-0.3, -0.25) is 10.1 Å². The zero-order valence-corrected chi connectivity index (χ0v) is 12.6. The lowest BCUT2D eigenvalue weighted by Crippen LogP contribution is -2.26. The van der Waals surface area contributed by atoms with E-state index in [4.69, 9.17) is 4.74 Å². The maximum Gasteiger partial charge on any atom is 0.274 e. The number of anilines is 1. The Morgan fingerprint density at radius 2 is 2.32 bits per heavy atom. The number of nitrogens with zero attached hydrogens (tertiary/aromatic N) is 1. The molecule has 0 aromatic heterocycles. The Labute approximate surface area is 120 Å². The van der Waals surface area contributed by atoms with Crippen molar-refractivity contribution in [2.45, 2.75) is 26.3 Å². The Morgan fingerprint density at radius 3 is 2.89 bits per heavy atom. The average molecular weight is 329 g/mol. The summed E-state index contributed by atoms with van der Waals surface area (Å²) in [4.78, 5) is 10.6. The van der Waals surface area contributed by atoms with E-state index in [9.17, 15) is 10.1 Å². The van der Waals surface area contributed by atoms with Crippen LogP contribution in [0.5, 0.6) is 0 Å². The highest BCUT2D eigenvalue weighted by atomic mass is 79.9. The lowest BCUT2D eigenvalue weighted by atomic mass is 10.0. The summed E-state index contributed by atoms with van der Waals surface area (Å²) in [5.74, 6) is 0.451. The molecule has 0 amide bonds. The minimum absolute atomic E-state index is 0.139. The largest absolute Gasteiger partial charge is 0.381 e. The van der Waals surface area contributed by atoms with Crippen molar-refractivity contribution >= 4 is 27.3 Å². The molecule has 0 bridgehead atoms. The van der Waals surface area contributed by atoms with Crippen LogP contribution < -0.4 is 5.32 Å². The standard InChI is InChI=1S/C13H17BrN2O3/c1-8-5-11(14)12(6-13(8)16(17)18)15-9(2)10-3-4-19-7-10/h5-6,9-10,15H,3-4,7H2,1-2H3. The second-order valence-electron chi connectivity index (χ2n) is 4.93. The summed E-state index contributed by atoms with van der Waals surface area (Å²) >= 11 is 3.45. The molecule has 2 rings (SSSR count). The fraction of sp³-hybridized carbons (Fsp3) is 0.538. The molecule has 1 aliphatic rings. The van der Waals surface area contributed by atoms with E-state index in [1.54, 1.807) is 19.1 Å². The molecular weight excluding hydrogens is 312 g/mol. The molecule has 0 aliphatic carbocycles. The van der Waals surface area contributed by atoms with Gasteiger partial charge in [0.15, 0.2) is 0 Å². The van der Waals surface area contributed by atoms with Crippen molar-refractivity contribution in [2.24, 2.45) is 5.92 Å². The number of aryl methyl sites for hydroxylation is 1. The molecule has 1 fully saturated rings. The van der Waals surface area contributed by atoms with Gasteiger partial charge in [0.05, 0.1) is 17.2 Å². The first kappa shape index (κ1) is 14.3. The quantitative estimate of drug-likeness (QED) is 0.678. The van der Waals surface area contributed by atoms with E-state index in [2.05, 4.69) is 28.2 Å². The van der Waals surface area contributed by atoms with Gasteiger partial charge in [-0.1, -0.05) is 0 Å². The topological polar surface area (TPSA) is 64.4 Å². The Kier molecular flexibility index (Phi) is 4.42. The SMILES string of the molecule is Cc1cc(Br)c(NC(C)C2CCOC2)cc1[N+](=O)[O-]. The molecule has 5 nitrogen and oxygen atoms in total. The highest BCUT2D eigenvalue weighted by Gasteiger charge is 2.23. The molecule has 104 valence electrons. The van der Waals surface area contributed by atoms with Crippen LogP contribution >= 0.6 is 15.9 Å². The van der Waals surface area contributed by atoms with E-state index in [-0.39, 0.29) is 16.7 Å². The van der Waals surface area contributed by atoms with E-state index >= 15 is 0 Å². The molecule has 1 aliphatic heterocycles. The van der Waals surface area contributed by atoms with E-state index in [1.165, 1.54) is 0 Å². The molecule has 1 heterocycles. The first-order chi connectivity index (χ1) is 8.99. The van der Waals surface area contributed by atoms with Crippen LogP contribution in [-0.2, 0) is 4.74 Å². The number of nitro groups is 1. The van der Waals surface area contributed by atoms with Crippen molar-refractivity contribution in [2.75, 3.05) is 18.5 Å². The Balaban J connectivity index is 2.19. The van der Waals surface area contributed by atoms with Crippen LogP contribution in [0.1, 0.15) is 18.9 Å². The smallest absolute Gasteiger partial charge is 0.274 e. The number of halogens is 1. The third kappa shape index (κ3) is 3.25. The third-order valence-corrected chi connectivity index (χ3v) is 4.19. The number of rotatable bonds is 4. The van der Waals surface area contributed by atoms with Crippen LogP contribution in [0.15, 0.2) is 16.6 Å². The number of hydrogen-bond donors (Lipinski definition) is 1. The van der Waals surface area contributed by atoms with Crippen molar-refractivity contribution in [3.63, 3.8) is 0 Å². The maximum absolute atomic E-state index is 11.0. The molecule has 1 aromatic carbocycles. The molecule has 2 unspecified atom stereocenters. The van der Waals surface area contributed by atoms with Gasteiger partial charge in [0.2, 0.25) is 0 Å². The summed E-state index contributed by atoms with van der Waals surface area (Å²) in [6.07, 6.45) is 1.03. The monoisotopic (exact) mass is 328 g/mol. The average Bonchev–Trinajstić information content (AvgIpc) is 2.85. The number of benzene rings is 1. The van der Waals surface area contributed by atoms with Crippen LogP contribution in [0.3, 0.4) is 0 Å². The zero-order valence-electron chi connectivity index (χ0n) is 11.0. The van der Waals surface area contributed by atoms with Gasteiger partial charge < -0.3 is 10.1 Å². The van der Waals surface area contributed by atoms with Crippen LogP contribution in [0.2, 0.25) is 0 Å². The van der Waals surface area contributed by atoms with Crippen LogP contribution in [-0.4, -0.2) is 24.2 Å². The van der Waals surface area contributed by atoms with Gasteiger partial charge in [0.25, 0.3) is 5.69 Å². The van der Waals surface area contributed by atoms with Gasteiger partial charge in [0.1, 0.15) is 0 Å². The Morgan fingerprint density at radius 1 is 1.58 bits per heavy atom.